The number of halogens is 3. The molecule has 3 fully saturated rings. The van der Waals surface area contributed by atoms with Crippen molar-refractivity contribution < 1.29 is 37.0 Å². The third kappa shape index (κ3) is 11.3. The number of nitrogens with two attached hydrogens (primary N) is 1. The number of hydrogen-bond acceptors (Lipinski definition) is 14. The lowest BCUT2D eigenvalue weighted by atomic mass is 10.1. The third-order valence-corrected chi connectivity index (χ3v) is 16.2. The molecule has 3 atom stereocenters. The highest BCUT2D eigenvalue weighted by atomic mass is 19.1. The molecule has 6 aliphatic rings. The third-order valence-electron chi connectivity index (χ3n) is 16.2. The number of aliphatic imine (C=N–C) groups is 1. The zero-order valence-electron chi connectivity index (χ0n) is 48.5. The van der Waals surface area contributed by atoms with Gasteiger partial charge in [-0.25, -0.2) is 18.2 Å². The summed E-state index contributed by atoms with van der Waals surface area (Å²) in [6, 6.07) is 5.74. The normalized spacial score (nSPS) is 18.9. The maximum absolute atomic E-state index is 15.2. The van der Waals surface area contributed by atoms with Crippen molar-refractivity contribution in [2.24, 2.45) is 10.7 Å². The molecule has 0 aliphatic carbocycles. The zero-order valence-corrected chi connectivity index (χ0v) is 48.5. The van der Waals surface area contributed by atoms with Gasteiger partial charge >= 0.3 is 6.15 Å². The van der Waals surface area contributed by atoms with Gasteiger partial charge in [0.25, 0.3) is 0 Å². The van der Waals surface area contributed by atoms with Gasteiger partial charge < -0.3 is 63.0 Å². The molecule has 5 N–H and O–H groups in total. The first kappa shape index (κ1) is 59.8. The lowest BCUT2D eigenvalue weighted by Crippen LogP contribution is -2.49. The van der Waals surface area contributed by atoms with E-state index in [1.807, 2.05) is 78.3 Å². The lowest BCUT2D eigenvalue weighted by molar-refractivity contribution is -0.191. The van der Waals surface area contributed by atoms with Gasteiger partial charge in [0, 0.05) is 121 Å². The van der Waals surface area contributed by atoms with Crippen molar-refractivity contribution >= 4 is 79.4 Å². The Bertz CT molecular complexity index is 3850. The molecule has 25 heteroatoms. The van der Waals surface area contributed by atoms with Crippen LogP contribution in [-0.2, 0) is 9.59 Å². The van der Waals surface area contributed by atoms with Crippen LogP contribution in [0.25, 0.3) is 32.7 Å². The first-order valence-corrected chi connectivity index (χ1v) is 28.1. The molecule has 0 spiro atoms. The van der Waals surface area contributed by atoms with Crippen LogP contribution in [0.3, 0.4) is 0 Å². The van der Waals surface area contributed by atoms with Crippen LogP contribution in [0.15, 0.2) is 62.2 Å². The Hall–Kier alpha value is -8.86. The van der Waals surface area contributed by atoms with Crippen molar-refractivity contribution in [2.75, 3.05) is 113 Å². The number of aromatic nitrogens is 3. The Morgan fingerprint density at radius 3 is 1.33 bits per heavy atom. The fourth-order valence-electron chi connectivity index (χ4n) is 11.8. The number of hydrogen-bond donors (Lipinski definition) is 4. The van der Waals surface area contributed by atoms with Crippen LogP contribution in [0.2, 0.25) is 0 Å². The molecule has 0 saturated carbocycles. The summed E-state index contributed by atoms with van der Waals surface area (Å²) in [6.45, 7) is 23.5. The summed E-state index contributed by atoms with van der Waals surface area (Å²) >= 11 is 0. The summed E-state index contributed by atoms with van der Waals surface area (Å²) in [5.74, 6) is 1.64. The van der Waals surface area contributed by atoms with Crippen molar-refractivity contribution in [1.82, 2.24) is 28.4 Å². The predicted octanol–water partition coefficient (Wildman–Crippen LogP) is 6.38. The number of aryl methyl sites for hydroxylation is 2. The van der Waals surface area contributed by atoms with Crippen LogP contribution in [-0.4, -0.2) is 156 Å². The summed E-state index contributed by atoms with van der Waals surface area (Å²) in [4.78, 5) is 69.3. The summed E-state index contributed by atoms with van der Waals surface area (Å²) in [7, 11) is 0. The SMILES string of the molecule is CC(=N)N1CCN(c2c(F)cc3c(=O)c(C)cn4c3c2OC[C@@H]4C)CC1.CC(N)=NC(=N)N1CCN(c2c(F)cc3c(=O)c(C)cn4c3c2OC[C@@H]4C)CC1.CCC(=N)N1CCN(c2c(F)cc3c(=O)ccn4c3c2OCC4C)CC1.O=C=O. The van der Waals surface area contributed by atoms with E-state index in [-0.39, 0.29) is 46.5 Å². The highest BCUT2D eigenvalue weighted by molar-refractivity contribution is 5.95. The standard InChI is InChI=1S/C20H25FN6O2.2C19H23FN4O2.CO2/c1-11-9-27-12(2)10-29-19-16(27)14(18(11)28)8-15(21)17(19)25-4-6-26(7-5-25)20(23)24-13(3)22;1-11-9-24-12(2)10-26-19-16(24)14(18(11)25)8-15(20)17(19)23-6-4-22(5-7-23)13(3)21;1-3-16(21)22-6-8-23(9-7-22)18-14(20)10-13-15(25)4-5-24-12(2)11-26-19(18)17(13)24;2-1-3/h8-9,12H,4-7,10H2,1-3H3,(H3,22,23,24);8-9,12,21H,4-7,10H2,1-3H3;4-5,10,12,21H,3,6-9,11H2,1-2H3;/t2*12-;;/m00../s1. The van der Waals surface area contributed by atoms with Crippen LogP contribution in [0, 0.1) is 47.5 Å². The number of nitrogens with one attached hydrogen (secondary N) is 3. The number of rotatable bonds is 4. The molecule has 0 bridgehead atoms. The van der Waals surface area contributed by atoms with Gasteiger partial charge in [0.2, 0.25) is 5.96 Å². The minimum atomic E-state index is -0.462. The smallest absolute Gasteiger partial charge is 0.373 e. The number of benzene rings is 3. The maximum Gasteiger partial charge on any atom is 0.373 e. The number of nitrogens with zero attached hydrogens (tertiary/aromatic N) is 10. The van der Waals surface area contributed by atoms with E-state index >= 15 is 8.78 Å². The first-order valence-electron chi connectivity index (χ1n) is 28.1. The van der Waals surface area contributed by atoms with E-state index in [4.69, 9.17) is 45.8 Å². The molecule has 84 heavy (non-hydrogen) atoms. The van der Waals surface area contributed by atoms with E-state index in [0.29, 0.717) is 200 Å². The Morgan fingerprint density at radius 1 is 0.595 bits per heavy atom. The van der Waals surface area contributed by atoms with Crippen molar-refractivity contribution in [3.05, 3.63) is 102 Å². The van der Waals surface area contributed by atoms with Crippen LogP contribution in [0.5, 0.6) is 17.2 Å². The Labute approximate surface area is 482 Å². The minimum Gasteiger partial charge on any atom is -0.487 e. The quantitative estimate of drug-likeness (QED) is 0.110. The highest BCUT2D eigenvalue weighted by Crippen LogP contribution is 2.45. The summed E-state index contributed by atoms with van der Waals surface area (Å²) in [5.41, 5.74) is 9.51. The predicted molar refractivity (Wildman–Crippen MR) is 317 cm³/mol. The van der Waals surface area contributed by atoms with E-state index in [0.717, 1.165) is 0 Å². The molecule has 1 unspecified atom stereocenters. The minimum absolute atomic E-state index is 0.0531. The van der Waals surface area contributed by atoms with E-state index in [1.54, 1.807) is 38.8 Å². The van der Waals surface area contributed by atoms with Crippen molar-refractivity contribution in [3.8, 4) is 17.2 Å². The van der Waals surface area contributed by atoms with Gasteiger partial charge in [-0.1, -0.05) is 6.92 Å². The molecular weight excluding hydrogens is 1090 g/mol. The van der Waals surface area contributed by atoms with Gasteiger partial charge in [-0.2, -0.15) is 9.59 Å². The number of amidine groups is 3. The maximum atomic E-state index is 15.2. The largest absolute Gasteiger partial charge is 0.487 e. The van der Waals surface area contributed by atoms with Crippen LogP contribution in [0.4, 0.5) is 30.2 Å². The molecule has 3 aromatic heterocycles. The molecule has 446 valence electrons. The second-order valence-electron chi connectivity index (χ2n) is 21.9. The fraction of sp³-hybridized carbons (Fsp3) is 0.458. The molecule has 3 saturated heterocycles. The van der Waals surface area contributed by atoms with E-state index < -0.39 is 17.5 Å². The molecule has 9 heterocycles. The molecule has 0 radical (unpaired) electrons. The van der Waals surface area contributed by atoms with E-state index in [9.17, 15) is 18.8 Å². The Kier molecular flexibility index (Phi) is 17.5. The number of carbonyl (C=O) groups excluding carboxylic acids is 2. The van der Waals surface area contributed by atoms with Crippen molar-refractivity contribution in [1.29, 1.82) is 16.2 Å². The molecule has 6 aromatic rings. The molecule has 6 aliphatic heterocycles. The molecule has 22 nitrogen and oxygen atoms in total. The summed E-state index contributed by atoms with van der Waals surface area (Å²) in [5, 5.41) is 24.9. The Morgan fingerprint density at radius 2 is 0.952 bits per heavy atom. The van der Waals surface area contributed by atoms with Crippen LogP contribution < -0.4 is 50.9 Å². The number of pyridine rings is 3. The number of anilines is 3. The topological polar surface area (TPSA) is 257 Å². The average molecular weight is 1160 g/mol. The molecule has 3 aromatic carbocycles. The van der Waals surface area contributed by atoms with E-state index in [1.165, 1.54) is 24.3 Å². The fourth-order valence-corrected chi connectivity index (χ4v) is 11.8. The van der Waals surface area contributed by atoms with Gasteiger partial charge in [-0.05, 0) is 66.7 Å². The number of piperazine rings is 3. The second kappa shape index (κ2) is 24.5. The number of guanidine groups is 1. The second-order valence-corrected chi connectivity index (χ2v) is 21.9. The first-order chi connectivity index (χ1) is 40.1. The van der Waals surface area contributed by atoms with Crippen molar-refractivity contribution in [2.45, 2.75) is 79.9 Å². The number of ether oxygens (including phenoxy) is 3. The Balaban J connectivity index is 0.000000148. The summed E-state index contributed by atoms with van der Waals surface area (Å²) in [6.07, 6.45) is 6.39. The molecular formula is C59H71F3N14O8. The molecule has 0 amide bonds. The van der Waals surface area contributed by atoms with Gasteiger partial charge in [-0.3, -0.25) is 30.6 Å². The van der Waals surface area contributed by atoms with Crippen LogP contribution >= 0.6 is 0 Å². The van der Waals surface area contributed by atoms with Gasteiger partial charge in [0.05, 0.1) is 68.3 Å². The monoisotopic (exact) mass is 1160 g/mol. The lowest BCUT2D eigenvalue weighted by Gasteiger charge is -2.39. The summed E-state index contributed by atoms with van der Waals surface area (Å²) < 4.78 is 69.1. The van der Waals surface area contributed by atoms with Crippen LogP contribution in [0.1, 0.15) is 77.2 Å². The van der Waals surface area contributed by atoms with Gasteiger partial charge in [-0.15, -0.1) is 0 Å². The van der Waals surface area contributed by atoms with E-state index in [2.05, 4.69) is 4.99 Å². The average Bonchev–Trinajstić information content (AvgIpc) is 2.12. The van der Waals surface area contributed by atoms with Crippen molar-refractivity contribution in [3.63, 3.8) is 0 Å². The highest BCUT2D eigenvalue weighted by Gasteiger charge is 2.34. The van der Waals surface area contributed by atoms with Gasteiger partial charge in [0.1, 0.15) is 36.9 Å². The van der Waals surface area contributed by atoms with Gasteiger partial charge in [0.15, 0.2) is 51.0 Å². The zero-order chi connectivity index (χ0) is 60.6. The molecule has 12 rings (SSSR count).